The van der Waals surface area contributed by atoms with Crippen LogP contribution in [-0.4, -0.2) is 33.9 Å². The molecule has 0 N–H and O–H groups in total. The molecule has 1 aliphatic heterocycles. The Hall–Kier alpha value is -1.45. The lowest BCUT2D eigenvalue weighted by molar-refractivity contribution is -0.137. The van der Waals surface area contributed by atoms with Gasteiger partial charge in [-0.25, -0.2) is 9.97 Å². The molecule has 0 spiro atoms. The third-order valence-electron chi connectivity index (χ3n) is 4.17. The Morgan fingerprint density at radius 2 is 2.22 bits per heavy atom. The first-order valence-electron chi connectivity index (χ1n) is 6.82. The van der Waals surface area contributed by atoms with Gasteiger partial charge in [-0.2, -0.15) is 0 Å². The zero-order valence-electron chi connectivity index (χ0n) is 10.8. The largest absolute Gasteiger partial charge is 0.342 e. The lowest BCUT2D eigenvalue weighted by atomic mass is 9.84. The summed E-state index contributed by atoms with van der Waals surface area (Å²) in [6.45, 7) is 3.64. The highest BCUT2D eigenvalue weighted by Crippen LogP contribution is 2.32. The summed E-state index contributed by atoms with van der Waals surface area (Å²) in [6.07, 6.45) is 6.25. The topological polar surface area (TPSA) is 46.1 Å². The van der Waals surface area contributed by atoms with Crippen LogP contribution in [0.5, 0.6) is 0 Å². The maximum atomic E-state index is 12.2. The van der Waals surface area contributed by atoms with Crippen molar-refractivity contribution < 1.29 is 4.79 Å². The standard InChI is InChI=1S/C14H19N3O/c1-10-15-7-5-13(16-10)12-6-8-17(9-12)14(18)11-3-2-4-11/h5,7,11-12H,2-4,6,8-9H2,1H3. The average molecular weight is 245 g/mol. The average Bonchev–Trinajstić information content (AvgIpc) is 2.75. The number of likely N-dealkylation sites (tertiary alicyclic amines) is 1. The van der Waals surface area contributed by atoms with Gasteiger partial charge in [-0.3, -0.25) is 4.79 Å². The zero-order chi connectivity index (χ0) is 12.5. The van der Waals surface area contributed by atoms with Gasteiger partial charge in [-0.05, 0) is 32.3 Å². The minimum Gasteiger partial charge on any atom is -0.342 e. The van der Waals surface area contributed by atoms with Crippen molar-refractivity contribution in [3.63, 3.8) is 0 Å². The molecule has 1 saturated carbocycles. The highest BCUT2D eigenvalue weighted by Gasteiger charge is 2.34. The van der Waals surface area contributed by atoms with Crippen molar-refractivity contribution >= 4 is 5.91 Å². The molecule has 1 aliphatic carbocycles. The van der Waals surface area contributed by atoms with Crippen LogP contribution in [0.25, 0.3) is 0 Å². The number of rotatable bonds is 2. The Labute approximate surface area is 107 Å². The van der Waals surface area contributed by atoms with Gasteiger partial charge in [0.25, 0.3) is 0 Å². The number of hydrogen-bond acceptors (Lipinski definition) is 3. The SMILES string of the molecule is Cc1nccc(C2CCN(C(=O)C3CCC3)C2)n1. The van der Waals surface area contributed by atoms with E-state index in [1.165, 1.54) is 6.42 Å². The van der Waals surface area contributed by atoms with Crippen molar-refractivity contribution in [3.8, 4) is 0 Å². The van der Waals surface area contributed by atoms with E-state index in [-0.39, 0.29) is 0 Å². The van der Waals surface area contributed by atoms with Crippen LogP contribution >= 0.6 is 0 Å². The molecule has 1 saturated heterocycles. The van der Waals surface area contributed by atoms with Crippen LogP contribution in [0.1, 0.15) is 43.1 Å². The molecule has 3 rings (SSSR count). The van der Waals surface area contributed by atoms with Gasteiger partial charge in [0.1, 0.15) is 5.82 Å². The van der Waals surface area contributed by atoms with E-state index >= 15 is 0 Å². The number of carbonyl (C=O) groups is 1. The molecule has 1 aromatic rings. The second-order valence-electron chi connectivity index (χ2n) is 5.43. The summed E-state index contributed by atoms with van der Waals surface area (Å²) in [5.41, 5.74) is 1.09. The van der Waals surface area contributed by atoms with Crippen molar-refractivity contribution in [2.45, 2.75) is 38.5 Å². The van der Waals surface area contributed by atoms with Crippen LogP contribution < -0.4 is 0 Å². The Kier molecular flexibility index (Phi) is 3.02. The first-order valence-corrected chi connectivity index (χ1v) is 6.82. The second-order valence-corrected chi connectivity index (χ2v) is 5.43. The molecule has 2 heterocycles. The summed E-state index contributed by atoms with van der Waals surface area (Å²) < 4.78 is 0. The van der Waals surface area contributed by atoms with E-state index in [2.05, 4.69) is 9.97 Å². The summed E-state index contributed by atoms with van der Waals surface area (Å²) in [7, 11) is 0. The van der Waals surface area contributed by atoms with Gasteiger partial charge in [-0.1, -0.05) is 6.42 Å². The molecule has 96 valence electrons. The van der Waals surface area contributed by atoms with Crippen LogP contribution in [0.4, 0.5) is 0 Å². The van der Waals surface area contributed by atoms with Crippen LogP contribution in [0, 0.1) is 12.8 Å². The Bertz CT molecular complexity index is 456. The molecule has 4 heteroatoms. The fourth-order valence-electron chi connectivity index (χ4n) is 2.82. The highest BCUT2D eigenvalue weighted by molar-refractivity contribution is 5.80. The van der Waals surface area contributed by atoms with E-state index in [9.17, 15) is 4.79 Å². The van der Waals surface area contributed by atoms with Crippen LogP contribution in [0.2, 0.25) is 0 Å². The zero-order valence-corrected chi connectivity index (χ0v) is 10.8. The summed E-state index contributed by atoms with van der Waals surface area (Å²) in [5.74, 6) is 1.90. The van der Waals surface area contributed by atoms with Gasteiger partial charge in [0.2, 0.25) is 5.91 Å². The van der Waals surface area contributed by atoms with E-state index in [0.717, 1.165) is 43.9 Å². The maximum absolute atomic E-state index is 12.2. The summed E-state index contributed by atoms with van der Waals surface area (Å²) in [6, 6.07) is 1.98. The van der Waals surface area contributed by atoms with Gasteiger partial charge in [0.15, 0.2) is 0 Å². The van der Waals surface area contributed by atoms with Crippen molar-refractivity contribution in [2.24, 2.45) is 5.92 Å². The maximum Gasteiger partial charge on any atom is 0.225 e. The highest BCUT2D eigenvalue weighted by atomic mass is 16.2. The fraction of sp³-hybridized carbons (Fsp3) is 0.643. The van der Waals surface area contributed by atoms with Crippen molar-refractivity contribution in [2.75, 3.05) is 13.1 Å². The molecule has 2 aliphatic rings. The van der Waals surface area contributed by atoms with Gasteiger partial charge < -0.3 is 4.90 Å². The monoisotopic (exact) mass is 245 g/mol. The molecule has 2 fully saturated rings. The molecular formula is C14H19N3O. The Balaban J connectivity index is 1.66. The number of carbonyl (C=O) groups excluding carboxylic acids is 1. The molecule has 1 aromatic heterocycles. The summed E-state index contributed by atoms with van der Waals surface area (Å²) >= 11 is 0. The van der Waals surface area contributed by atoms with Gasteiger partial charge in [0.05, 0.1) is 0 Å². The van der Waals surface area contributed by atoms with E-state index < -0.39 is 0 Å². The van der Waals surface area contributed by atoms with Crippen molar-refractivity contribution in [1.82, 2.24) is 14.9 Å². The van der Waals surface area contributed by atoms with Crippen molar-refractivity contribution in [3.05, 3.63) is 23.8 Å². The fourth-order valence-corrected chi connectivity index (χ4v) is 2.82. The van der Waals surface area contributed by atoms with E-state index in [0.29, 0.717) is 17.7 Å². The molecule has 4 nitrogen and oxygen atoms in total. The van der Waals surface area contributed by atoms with Gasteiger partial charge in [-0.15, -0.1) is 0 Å². The summed E-state index contributed by atoms with van der Waals surface area (Å²) in [5, 5.41) is 0. The predicted molar refractivity (Wildman–Crippen MR) is 68.0 cm³/mol. The molecule has 1 unspecified atom stereocenters. The lowest BCUT2D eigenvalue weighted by Gasteiger charge is -2.29. The van der Waals surface area contributed by atoms with E-state index in [1.807, 2.05) is 24.1 Å². The summed E-state index contributed by atoms with van der Waals surface area (Å²) in [4.78, 5) is 22.8. The minimum atomic E-state index is 0.316. The van der Waals surface area contributed by atoms with Crippen LogP contribution in [-0.2, 0) is 4.79 Å². The predicted octanol–water partition coefficient (Wildman–Crippen LogP) is 1.90. The molecule has 18 heavy (non-hydrogen) atoms. The molecule has 1 amide bonds. The first kappa shape index (κ1) is 11.6. The quantitative estimate of drug-likeness (QED) is 0.799. The molecule has 0 bridgehead atoms. The Morgan fingerprint density at radius 3 is 2.89 bits per heavy atom. The molecule has 0 radical (unpaired) electrons. The van der Waals surface area contributed by atoms with Gasteiger partial charge >= 0.3 is 0 Å². The third-order valence-corrected chi connectivity index (χ3v) is 4.17. The minimum absolute atomic E-state index is 0.316. The smallest absolute Gasteiger partial charge is 0.225 e. The third kappa shape index (κ3) is 2.11. The second kappa shape index (κ2) is 4.67. The number of hydrogen-bond donors (Lipinski definition) is 0. The van der Waals surface area contributed by atoms with E-state index in [1.54, 1.807) is 0 Å². The first-order chi connectivity index (χ1) is 8.74. The normalized spacial score (nSPS) is 24.1. The number of aromatic nitrogens is 2. The molecule has 1 atom stereocenters. The Morgan fingerprint density at radius 1 is 1.39 bits per heavy atom. The molecule has 0 aromatic carbocycles. The van der Waals surface area contributed by atoms with Crippen molar-refractivity contribution in [1.29, 1.82) is 0 Å². The lowest BCUT2D eigenvalue weighted by Crippen LogP contribution is -2.37. The number of nitrogens with zero attached hydrogens (tertiary/aromatic N) is 3. The van der Waals surface area contributed by atoms with Gasteiger partial charge in [0, 0.05) is 36.8 Å². The number of amides is 1. The van der Waals surface area contributed by atoms with Crippen LogP contribution in [0.3, 0.4) is 0 Å². The number of aryl methyl sites for hydroxylation is 1. The molecular weight excluding hydrogens is 226 g/mol. The van der Waals surface area contributed by atoms with Crippen LogP contribution in [0.15, 0.2) is 12.3 Å². The van der Waals surface area contributed by atoms with E-state index in [4.69, 9.17) is 0 Å².